The van der Waals surface area contributed by atoms with Crippen LogP contribution in [-0.2, 0) is 9.53 Å². The van der Waals surface area contributed by atoms with Gasteiger partial charge in [0.15, 0.2) is 0 Å². The number of carbonyl (C=O) groups is 1. The van der Waals surface area contributed by atoms with Crippen LogP contribution in [0, 0.1) is 0 Å². The zero-order chi connectivity index (χ0) is 12.3. The predicted octanol–water partition coefficient (Wildman–Crippen LogP) is 1.15. The van der Waals surface area contributed by atoms with Gasteiger partial charge in [-0.15, -0.1) is 0 Å². The third-order valence-corrected chi connectivity index (χ3v) is 3.58. The van der Waals surface area contributed by atoms with Gasteiger partial charge in [-0.3, -0.25) is 9.69 Å². The van der Waals surface area contributed by atoms with E-state index in [2.05, 4.69) is 24.1 Å². The number of hydrogen-bond acceptors (Lipinski definition) is 3. The smallest absolute Gasteiger partial charge is 0.234 e. The molecule has 1 amide bonds. The summed E-state index contributed by atoms with van der Waals surface area (Å²) >= 11 is 0. The van der Waals surface area contributed by atoms with Gasteiger partial charge in [0.2, 0.25) is 5.91 Å². The summed E-state index contributed by atoms with van der Waals surface area (Å²) < 4.78 is 5.66. The second-order valence-electron chi connectivity index (χ2n) is 5.50. The highest BCUT2D eigenvalue weighted by atomic mass is 16.5. The van der Waals surface area contributed by atoms with Crippen molar-refractivity contribution in [1.29, 1.82) is 0 Å². The molecule has 98 valence electrons. The lowest BCUT2D eigenvalue weighted by atomic mass is 10.2. The van der Waals surface area contributed by atoms with Crippen molar-refractivity contribution in [2.45, 2.75) is 57.8 Å². The van der Waals surface area contributed by atoms with Crippen molar-refractivity contribution in [2.24, 2.45) is 0 Å². The van der Waals surface area contributed by atoms with Crippen LogP contribution in [0.4, 0.5) is 0 Å². The Balaban J connectivity index is 1.73. The first-order valence-corrected chi connectivity index (χ1v) is 6.80. The van der Waals surface area contributed by atoms with Crippen LogP contribution in [0.3, 0.4) is 0 Å². The molecule has 1 aliphatic heterocycles. The van der Waals surface area contributed by atoms with E-state index in [9.17, 15) is 4.79 Å². The minimum Gasteiger partial charge on any atom is -0.373 e. The molecular formula is C13H24N2O2. The van der Waals surface area contributed by atoms with Gasteiger partial charge in [-0.05, 0) is 26.7 Å². The lowest BCUT2D eigenvalue weighted by Crippen LogP contribution is -2.50. The summed E-state index contributed by atoms with van der Waals surface area (Å²) in [5, 5.41) is 3.13. The van der Waals surface area contributed by atoms with E-state index in [0.717, 1.165) is 25.9 Å². The Morgan fingerprint density at radius 2 is 1.82 bits per heavy atom. The molecule has 4 heteroatoms. The van der Waals surface area contributed by atoms with E-state index < -0.39 is 0 Å². The van der Waals surface area contributed by atoms with Crippen molar-refractivity contribution in [2.75, 3.05) is 19.6 Å². The summed E-state index contributed by atoms with van der Waals surface area (Å²) in [7, 11) is 0. The summed E-state index contributed by atoms with van der Waals surface area (Å²) in [6, 6.07) is 0.429. The zero-order valence-electron chi connectivity index (χ0n) is 10.9. The van der Waals surface area contributed by atoms with E-state index in [1.807, 2.05) is 0 Å². The summed E-state index contributed by atoms with van der Waals surface area (Å²) in [6.45, 7) is 6.38. The van der Waals surface area contributed by atoms with Gasteiger partial charge >= 0.3 is 0 Å². The molecule has 1 saturated heterocycles. The Morgan fingerprint density at radius 3 is 2.41 bits per heavy atom. The van der Waals surface area contributed by atoms with Gasteiger partial charge in [0.25, 0.3) is 0 Å². The van der Waals surface area contributed by atoms with E-state index in [1.165, 1.54) is 12.8 Å². The topological polar surface area (TPSA) is 41.6 Å². The maximum atomic E-state index is 11.9. The first-order valence-electron chi connectivity index (χ1n) is 6.80. The molecule has 0 spiro atoms. The van der Waals surface area contributed by atoms with Gasteiger partial charge in [0, 0.05) is 19.1 Å². The van der Waals surface area contributed by atoms with E-state index >= 15 is 0 Å². The molecule has 2 aliphatic rings. The fraction of sp³-hybridized carbons (Fsp3) is 0.923. The van der Waals surface area contributed by atoms with Crippen LogP contribution in [-0.4, -0.2) is 48.7 Å². The highest BCUT2D eigenvalue weighted by Gasteiger charge is 2.24. The van der Waals surface area contributed by atoms with E-state index in [0.29, 0.717) is 12.6 Å². The fourth-order valence-corrected chi connectivity index (χ4v) is 2.96. The molecule has 17 heavy (non-hydrogen) atoms. The van der Waals surface area contributed by atoms with Crippen molar-refractivity contribution in [3.8, 4) is 0 Å². The summed E-state index contributed by atoms with van der Waals surface area (Å²) in [5.41, 5.74) is 0. The molecule has 0 aromatic rings. The van der Waals surface area contributed by atoms with Gasteiger partial charge in [-0.2, -0.15) is 0 Å². The lowest BCUT2D eigenvalue weighted by Gasteiger charge is -2.34. The fourth-order valence-electron chi connectivity index (χ4n) is 2.96. The van der Waals surface area contributed by atoms with Gasteiger partial charge in [-0.25, -0.2) is 0 Å². The molecule has 0 bridgehead atoms. The second-order valence-corrected chi connectivity index (χ2v) is 5.50. The number of hydrogen-bond donors (Lipinski definition) is 1. The molecule has 4 nitrogen and oxygen atoms in total. The zero-order valence-corrected chi connectivity index (χ0v) is 10.9. The summed E-state index contributed by atoms with van der Waals surface area (Å²) in [5.74, 6) is 0.179. The third-order valence-electron chi connectivity index (χ3n) is 3.58. The average Bonchev–Trinajstić information content (AvgIpc) is 2.67. The number of nitrogens with one attached hydrogen (secondary N) is 1. The quantitative estimate of drug-likeness (QED) is 0.804. The molecule has 0 aromatic carbocycles. The molecule has 1 saturated carbocycles. The number of morpholine rings is 1. The van der Waals surface area contributed by atoms with E-state index in [4.69, 9.17) is 4.74 Å². The van der Waals surface area contributed by atoms with Crippen LogP contribution >= 0.6 is 0 Å². The average molecular weight is 240 g/mol. The van der Waals surface area contributed by atoms with Crippen molar-refractivity contribution < 1.29 is 9.53 Å². The first-order chi connectivity index (χ1) is 8.13. The van der Waals surface area contributed by atoms with E-state index in [-0.39, 0.29) is 18.1 Å². The Hall–Kier alpha value is -0.610. The minimum atomic E-state index is 0.179. The van der Waals surface area contributed by atoms with Gasteiger partial charge in [-0.1, -0.05) is 12.8 Å². The van der Waals surface area contributed by atoms with Crippen molar-refractivity contribution in [3.63, 3.8) is 0 Å². The van der Waals surface area contributed by atoms with Crippen LogP contribution in [0.5, 0.6) is 0 Å². The SMILES string of the molecule is C[C@H]1CN(CC(=O)NC2CCCC2)C[C@H](C)O1. The molecule has 2 atom stereocenters. The molecule has 1 aliphatic carbocycles. The number of amides is 1. The van der Waals surface area contributed by atoms with Crippen molar-refractivity contribution >= 4 is 5.91 Å². The largest absolute Gasteiger partial charge is 0.373 e. The monoisotopic (exact) mass is 240 g/mol. The van der Waals surface area contributed by atoms with Gasteiger partial charge in [0.05, 0.1) is 18.8 Å². The Kier molecular flexibility index (Phi) is 4.40. The van der Waals surface area contributed by atoms with E-state index in [1.54, 1.807) is 0 Å². The molecular weight excluding hydrogens is 216 g/mol. The maximum absolute atomic E-state index is 11.9. The van der Waals surface area contributed by atoms with Crippen molar-refractivity contribution in [1.82, 2.24) is 10.2 Å². The molecule has 2 fully saturated rings. The standard InChI is InChI=1S/C13H24N2O2/c1-10-7-15(8-11(2)17-10)9-13(16)14-12-5-3-4-6-12/h10-12H,3-9H2,1-2H3,(H,14,16)/t10-,11-/m0/s1. The molecule has 2 rings (SSSR count). The van der Waals surface area contributed by atoms with Crippen LogP contribution in [0.1, 0.15) is 39.5 Å². The third kappa shape index (κ3) is 3.96. The Morgan fingerprint density at radius 1 is 1.24 bits per heavy atom. The number of ether oxygens (including phenoxy) is 1. The highest BCUT2D eigenvalue weighted by molar-refractivity contribution is 5.78. The normalized spacial score (nSPS) is 31.6. The van der Waals surface area contributed by atoms with Crippen LogP contribution in [0.2, 0.25) is 0 Å². The van der Waals surface area contributed by atoms with Crippen molar-refractivity contribution in [3.05, 3.63) is 0 Å². The van der Waals surface area contributed by atoms with Gasteiger partial charge in [0.1, 0.15) is 0 Å². The predicted molar refractivity (Wildman–Crippen MR) is 66.8 cm³/mol. The number of carbonyl (C=O) groups excluding carboxylic acids is 1. The maximum Gasteiger partial charge on any atom is 0.234 e. The summed E-state index contributed by atoms with van der Waals surface area (Å²) in [6.07, 6.45) is 5.30. The molecule has 0 radical (unpaired) electrons. The Bertz CT molecular complexity index is 254. The Labute approximate surface area is 104 Å². The highest BCUT2D eigenvalue weighted by Crippen LogP contribution is 2.17. The lowest BCUT2D eigenvalue weighted by molar-refractivity contribution is -0.126. The molecule has 0 aromatic heterocycles. The molecule has 1 N–H and O–H groups in total. The number of rotatable bonds is 3. The van der Waals surface area contributed by atoms with Crippen LogP contribution in [0.25, 0.3) is 0 Å². The first kappa shape index (κ1) is 12.8. The summed E-state index contributed by atoms with van der Waals surface area (Å²) in [4.78, 5) is 14.1. The molecule has 0 unspecified atom stereocenters. The second kappa shape index (κ2) is 5.83. The number of nitrogens with zero attached hydrogens (tertiary/aromatic N) is 1. The minimum absolute atomic E-state index is 0.179. The van der Waals surface area contributed by atoms with Gasteiger partial charge < -0.3 is 10.1 Å². The molecule has 1 heterocycles. The van der Waals surface area contributed by atoms with Crippen LogP contribution in [0.15, 0.2) is 0 Å². The van der Waals surface area contributed by atoms with Crippen LogP contribution < -0.4 is 5.32 Å².